The topological polar surface area (TPSA) is 66.0 Å². The summed E-state index contributed by atoms with van der Waals surface area (Å²) in [5.74, 6) is 2.22. The van der Waals surface area contributed by atoms with E-state index < -0.39 is 0 Å². The monoisotopic (exact) mass is 292 g/mol. The zero-order valence-corrected chi connectivity index (χ0v) is 11.8. The van der Waals surface area contributed by atoms with Crippen molar-refractivity contribution in [3.8, 4) is 5.88 Å². The minimum absolute atomic E-state index is 0.0663. The lowest BCUT2D eigenvalue weighted by molar-refractivity contribution is 0.401. The molecule has 0 radical (unpaired) electrons. The highest BCUT2D eigenvalue weighted by molar-refractivity contribution is 6.16. The van der Waals surface area contributed by atoms with E-state index in [0.29, 0.717) is 22.9 Å². The molecule has 0 fully saturated rings. The van der Waals surface area contributed by atoms with Crippen molar-refractivity contribution in [2.45, 2.75) is 18.8 Å². The van der Waals surface area contributed by atoms with Crippen LogP contribution in [0.1, 0.15) is 24.6 Å². The average Bonchev–Trinajstić information content (AvgIpc) is 3.12. The second kappa shape index (κ2) is 5.13. The van der Waals surface area contributed by atoms with Gasteiger partial charge < -0.3 is 13.7 Å². The van der Waals surface area contributed by atoms with E-state index in [0.717, 1.165) is 5.76 Å². The van der Waals surface area contributed by atoms with Crippen LogP contribution in [0.2, 0.25) is 0 Å². The van der Waals surface area contributed by atoms with Gasteiger partial charge >= 0.3 is 0 Å². The smallest absolute Gasteiger partial charge is 0.245 e. The Hall–Kier alpha value is -2.08. The van der Waals surface area contributed by atoms with Crippen molar-refractivity contribution < 1.29 is 9.15 Å². The first-order valence-corrected chi connectivity index (χ1v) is 6.65. The molecule has 3 aromatic rings. The van der Waals surface area contributed by atoms with Gasteiger partial charge in [-0.1, -0.05) is 0 Å². The van der Waals surface area contributed by atoms with E-state index in [1.807, 2.05) is 23.6 Å². The summed E-state index contributed by atoms with van der Waals surface area (Å²) >= 11 is 6.00. The Labute approximate surface area is 120 Å². The van der Waals surface area contributed by atoms with Crippen molar-refractivity contribution in [1.29, 1.82) is 0 Å². The summed E-state index contributed by atoms with van der Waals surface area (Å²) in [5, 5.41) is 0. The molecular formula is C13H13ClN4O2. The maximum atomic E-state index is 6.00. The average molecular weight is 293 g/mol. The van der Waals surface area contributed by atoms with E-state index in [1.165, 1.54) is 6.33 Å². The SMILES string of the molecule is COc1ncnc2c1nc(CCl)n2C(C)c1ccco1. The van der Waals surface area contributed by atoms with Gasteiger partial charge in [-0.3, -0.25) is 0 Å². The number of alkyl halides is 1. The van der Waals surface area contributed by atoms with Gasteiger partial charge in [0.2, 0.25) is 5.88 Å². The molecule has 7 heteroatoms. The second-order valence-electron chi connectivity index (χ2n) is 4.28. The predicted octanol–water partition coefficient (Wildman–Crippen LogP) is 2.78. The third kappa shape index (κ3) is 1.92. The molecule has 0 aliphatic carbocycles. The third-order valence-electron chi connectivity index (χ3n) is 3.17. The van der Waals surface area contributed by atoms with Crippen molar-refractivity contribution in [2.24, 2.45) is 0 Å². The summed E-state index contributed by atoms with van der Waals surface area (Å²) in [6.45, 7) is 2.00. The fraction of sp³-hybridized carbons (Fsp3) is 0.308. The fourth-order valence-electron chi connectivity index (χ4n) is 2.24. The highest BCUT2D eigenvalue weighted by atomic mass is 35.5. The summed E-state index contributed by atoms with van der Waals surface area (Å²) in [4.78, 5) is 12.8. The number of methoxy groups -OCH3 is 1. The lowest BCUT2D eigenvalue weighted by Gasteiger charge is -2.13. The Kier molecular flexibility index (Phi) is 3.31. The Morgan fingerprint density at radius 2 is 2.30 bits per heavy atom. The quantitative estimate of drug-likeness (QED) is 0.692. The van der Waals surface area contributed by atoms with Gasteiger partial charge in [0, 0.05) is 0 Å². The van der Waals surface area contributed by atoms with Crippen LogP contribution in [-0.4, -0.2) is 26.6 Å². The lowest BCUT2D eigenvalue weighted by Crippen LogP contribution is -2.10. The molecule has 0 bridgehead atoms. The first-order valence-electron chi connectivity index (χ1n) is 6.11. The van der Waals surface area contributed by atoms with E-state index in [-0.39, 0.29) is 11.9 Å². The molecule has 0 aliphatic rings. The molecule has 3 aromatic heterocycles. The zero-order chi connectivity index (χ0) is 14.1. The molecule has 0 saturated carbocycles. The number of hydrogen-bond donors (Lipinski definition) is 0. The lowest BCUT2D eigenvalue weighted by atomic mass is 10.2. The van der Waals surface area contributed by atoms with Crippen LogP contribution < -0.4 is 4.74 Å². The Morgan fingerprint density at radius 1 is 1.45 bits per heavy atom. The number of hydrogen-bond acceptors (Lipinski definition) is 5. The van der Waals surface area contributed by atoms with Crippen LogP contribution in [0.4, 0.5) is 0 Å². The van der Waals surface area contributed by atoms with Gasteiger partial charge in [-0.25, -0.2) is 9.97 Å². The summed E-state index contributed by atoms with van der Waals surface area (Å²) < 4.78 is 12.6. The Morgan fingerprint density at radius 3 is 2.95 bits per heavy atom. The number of nitrogens with zero attached hydrogens (tertiary/aromatic N) is 4. The molecule has 3 heterocycles. The number of furan rings is 1. The molecule has 6 nitrogen and oxygen atoms in total. The zero-order valence-electron chi connectivity index (χ0n) is 11.1. The van der Waals surface area contributed by atoms with Gasteiger partial charge in [-0.05, 0) is 19.1 Å². The molecule has 0 aromatic carbocycles. The van der Waals surface area contributed by atoms with Crippen molar-refractivity contribution >= 4 is 22.8 Å². The molecular weight excluding hydrogens is 280 g/mol. The normalized spacial score (nSPS) is 12.8. The highest BCUT2D eigenvalue weighted by Gasteiger charge is 2.21. The Balaban J connectivity index is 2.23. The number of fused-ring (bicyclic) bond motifs is 1. The predicted molar refractivity (Wildman–Crippen MR) is 74.0 cm³/mol. The molecule has 0 N–H and O–H groups in total. The van der Waals surface area contributed by atoms with Crippen molar-refractivity contribution in [1.82, 2.24) is 19.5 Å². The van der Waals surface area contributed by atoms with Crippen LogP contribution in [-0.2, 0) is 5.88 Å². The summed E-state index contributed by atoms with van der Waals surface area (Å²) in [6, 6.07) is 3.69. The van der Waals surface area contributed by atoms with Crippen LogP contribution in [0.5, 0.6) is 5.88 Å². The second-order valence-corrected chi connectivity index (χ2v) is 4.55. The maximum absolute atomic E-state index is 6.00. The first kappa shape index (κ1) is 12.9. The Bertz CT molecular complexity index is 723. The van der Waals surface area contributed by atoms with E-state index in [4.69, 9.17) is 20.8 Å². The number of rotatable bonds is 4. The first-order chi connectivity index (χ1) is 9.76. The third-order valence-corrected chi connectivity index (χ3v) is 3.41. The van der Waals surface area contributed by atoms with Crippen LogP contribution in [0, 0.1) is 0 Å². The van der Waals surface area contributed by atoms with Crippen LogP contribution in [0.3, 0.4) is 0 Å². The summed E-state index contributed by atoms with van der Waals surface area (Å²) in [5.41, 5.74) is 1.28. The highest BCUT2D eigenvalue weighted by Crippen LogP contribution is 2.28. The largest absolute Gasteiger partial charge is 0.479 e. The van der Waals surface area contributed by atoms with Gasteiger partial charge in [-0.2, -0.15) is 4.98 Å². The van der Waals surface area contributed by atoms with E-state index in [2.05, 4.69) is 15.0 Å². The van der Waals surface area contributed by atoms with Crippen LogP contribution in [0.15, 0.2) is 29.1 Å². The van der Waals surface area contributed by atoms with Crippen molar-refractivity contribution in [3.63, 3.8) is 0 Å². The molecule has 0 saturated heterocycles. The molecule has 104 valence electrons. The van der Waals surface area contributed by atoms with Crippen molar-refractivity contribution in [2.75, 3.05) is 7.11 Å². The van der Waals surface area contributed by atoms with E-state index in [1.54, 1.807) is 13.4 Å². The number of ether oxygens (including phenoxy) is 1. The summed E-state index contributed by atoms with van der Waals surface area (Å²) in [6.07, 6.45) is 3.09. The van der Waals surface area contributed by atoms with Crippen LogP contribution >= 0.6 is 11.6 Å². The molecule has 0 amide bonds. The molecule has 20 heavy (non-hydrogen) atoms. The van der Waals surface area contributed by atoms with Crippen molar-refractivity contribution in [3.05, 3.63) is 36.3 Å². The fourth-order valence-corrected chi connectivity index (χ4v) is 2.43. The number of imidazole rings is 1. The molecule has 1 unspecified atom stereocenters. The molecule has 0 spiro atoms. The van der Waals surface area contributed by atoms with Gasteiger partial charge in [-0.15, -0.1) is 11.6 Å². The van der Waals surface area contributed by atoms with E-state index in [9.17, 15) is 0 Å². The minimum atomic E-state index is -0.0663. The van der Waals surface area contributed by atoms with Gasteiger partial charge in [0.25, 0.3) is 0 Å². The van der Waals surface area contributed by atoms with Gasteiger partial charge in [0.05, 0.1) is 25.3 Å². The maximum Gasteiger partial charge on any atom is 0.245 e. The van der Waals surface area contributed by atoms with Gasteiger partial charge in [0.1, 0.15) is 17.9 Å². The standard InChI is InChI=1S/C13H13ClN4O2/c1-8(9-4-3-5-20-9)18-10(6-14)17-11-12(18)15-7-16-13(11)19-2/h3-5,7-8H,6H2,1-2H3. The van der Waals surface area contributed by atoms with Crippen LogP contribution in [0.25, 0.3) is 11.2 Å². The van der Waals surface area contributed by atoms with Gasteiger partial charge in [0.15, 0.2) is 11.2 Å². The minimum Gasteiger partial charge on any atom is -0.479 e. The molecule has 3 rings (SSSR count). The summed E-state index contributed by atoms with van der Waals surface area (Å²) in [7, 11) is 1.55. The number of halogens is 1. The van der Waals surface area contributed by atoms with E-state index >= 15 is 0 Å². The molecule has 0 aliphatic heterocycles. The number of aromatic nitrogens is 4. The molecule has 1 atom stereocenters.